The number of ether oxygens (including phenoxy) is 1. The predicted octanol–water partition coefficient (Wildman–Crippen LogP) is 2.10. The van der Waals surface area contributed by atoms with Crippen molar-refractivity contribution < 1.29 is 17.9 Å². The average Bonchev–Trinajstić information content (AvgIpc) is 2.57. The normalized spacial score (nSPS) is 12.0. The first-order valence-electron chi connectivity index (χ1n) is 4.52. The van der Waals surface area contributed by atoms with Crippen molar-refractivity contribution in [2.45, 2.75) is 12.6 Å². The number of thiophene rings is 1. The Kier molecular flexibility index (Phi) is 2.82. The van der Waals surface area contributed by atoms with Crippen molar-refractivity contribution in [3.63, 3.8) is 0 Å². The van der Waals surface area contributed by atoms with Crippen molar-refractivity contribution in [2.75, 3.05) is 7.11 Å². The van der Waals surface area contributed by atoms with Crippen molar-refractivity contribution >= 4 is 21.6 Å². The van der Waals surface area contributed by atoms with Crippen LogP contribution in [0.15, 0.2) is 10.9 Å². The van der Waals surface area contributed by atoms with E-state index in [0.717, 1.165) is 11.3 Å². The molecule has 0 aliphatic carbocycles. The van der Waals surface area contributed by atoms with Crippen LogP contribution in [-0.4, -0.2) is 23.3 Å². The average molecular weight is 264 g/mol. The van der Waals surface area contributed by atoms with Gasteiger partial charge in [-0.15, -0.1) is 11.3 Å². The SMILES string of the molecule is COc1nc(=O)c2cc(CC(F)(F)F)sc2[nH]1. The van der Waals surface area contributed by atoms with Crippen LogP contribution in [0.2, 0.25) is 0 Å². The minimum atomic E-state index is -4.29. The maximum atomic E-state index is 12.2. The zero-order valence-corrected chi connectivity index (χ0v) is 9.41. The number of nitrogens with one attached hydrogen (secondary N) is 1. The smallest absolute Gasteiger partial charge is 0.393 e. The van der Waals surface area contributed by atoms with Gasteiger partial charge in [0, 0.05) is 4.88 Å². The Bertz CT molecular complexity index is 602. The number of nitrogens with zero attached hydrogens (tertiary/aromatic N) is 1. The summed E-state index contributed by atoms with van der Waals surface area (Å²) in [6, 6.07) is 1.20. The first-order valence-corrected chi connectivity index (χ1v) is 5.34. The molecule has 0 aliphatic rings. The van der Waals surface area contributed by atoms with Gasteiger partial charge in [0.25, 0.3) is 11.6 Å². The Labute approximate surface area is 97.1 Å². The van der Waals surface area contributed by atoms with Gasteiger partial charge in [0.2, 0.25) is 0 Å². The number of aromatic amines is 1. The van der Waals surface area contributed by atoms with Crippen molar-refractivity contribution in [3.8, 4) is 6.01 Å². The van der Waals surface area contributed by atoms with Gasteiger partial charge in [-0.25, -0.2) is 0 Å². The Hall–Kier alpha value is -1.57. The zero-order valence-electron chi connectivity index (χ0n) is 8.59. The molecule has 1 N–H and O–H groups in total. The van der Waals surface area contributed by atoms with Crippen LogP contribution >= 0.6 is 11.3 Å². The Morgan fingerprint density at radius 3 is 2.82 bits per heavy atom. The molecular formula is C9H7F3N2O2S. The molecule has 17 heavy (non-hydrogen) atoms. The highest BCUT2D eigenvalue weighted by Gasteiger charge is 2.29. The van der Waals surface area contributed by atoms with Gasteiger partial charge in [0.05, 0.1) is 18.9 Å². The van der Waals surface area contributed by atoms with Gasteiger partial charge in [-0.3, -0.25) is 4.79 Å². The van der Waals surface area contributed by atoms with Gasteiger partial charge in [0.15, 0.2) is 0 Å². The molecule has 0 bridgehead atoms. The van der Waals surface area contributed by atoms with Crippen LogP contribution in [-0.2, 0) is 6.42 Å². The molecule has 2 heterocycles. The molecule has 0 aliphatic heterocycles. The third-order valence-electron chi connectivity index (χ3n) is 2.01. The number of aromatic nitrogens is 2. The molecule has 0 fully saturated rings. The quantitative estimate of drug-likeness (QED) is 0.903. The minimum Gasteiger partial charge on any atom is -0.468 e. The Morgan fingerprint density at radius 2 is 2.24 bits per heavy atom. The fourth-order valence-electron chi connectivity index (χ4n) is 1.35. The van der Waals surface area contributed by atoms with E-state index in [1.807, 2.05) is 0 Å². The first kappa shape index (κ1) is 11.9. The van der Waals surface area contributed by atoms with E-state index in [-0.39, 0.29) is 16.3 Å². The van der Waals surface area contributed by atoms with E-state index in [1.165, 1.54) is 13.2 Å². The highest BCUT2D eigenvalue weighted by Crippen LogP contribution is 2.28. The standard InChI is InChI=1S/C9H7F3N2O2S/c1-16-8-13-6(15)5-2-4(3-9(10,11)12)17-7(5)14-8/h2H,3H2,1H3,(H,13,14,15). The summed E-state index contributed by atoms with van der Waals surface area (Å²) in [6.45, 7) is 0. The number of H-pyrrole nitrogens is 1. The van der Waals surface area contributed by atoms with Gasteiger partial charge in [-0.05, 0) is 6.07 Å². The van der Waals surface area contributed by atoms with Crippen molar-refractivity contribution in [1.82, 2.24) is 9.97 Å². The van der Waals surface area contributed by atoms with Crippen LogP contribution in [0.3, 0.4) is 0 Å². The van der Waals surface area contributed by atoms with E-state index < -0.39 is 18.2 Å². The summed E-state index contributed by atoms with van der Waals surface area (Å²) in [4.78, 5) is 18.0. The lowest BCUT2D eigenvalue weighted by Gasteiger charge is -2.01. The summed E-state index contributed by atoms with van der Waals surface area (Å²) >= 11 is 0.872. The zero-order chi connectivity index (χ0) is 12.6. The molecule has 0 saturated carbocycles. The molecule has 0 unspecified atom stereocenters. The third-order valence-corrected chi connectivity index (χ3v) is 3.06. The maximum absolute atomic E-state index is 12.2. The van der Waals surface area contributed by atoms with Gasteiger partial charge in [-0.1, -0.05) is 0 Å². The largest absolute Gasteiger partial charge is 0.468 e. The number of methoxy groups -OCH3 is 1. The lowest BCUT2D eigenvalue weighted by molar-refractivity contribution is -0.126. The molecule has 0 amide bonds. The molecule has 0 spiro atoms. The molecule has 0 atom stereocenters. The highest BCUT2D eigenvalue weighted by atomic mass is 32.1. The lowest BCUT2D eigenvalue weighted by atomic mass is 10.3. The van der Waals surface area contributed by atoms with E-state index in [0.29, 0.717) is 4.83 Å². The van der Waals surface area contributed by atoms with E-state index in [2.05, 4.69) is 9.97 Å². The number of alkyl halides is 3. The van der Waals surface area contributed by atoms with E-state index >= 15 is 0 Å². The van der Waals surface area contributed by atoms with Crippen LogP contribution in [0.4, 0.5) is 13.2 Å². The number of fused-ring (bicyclic) bond motifs is 1. The van der Waals surface area contributed by atoms with Crippen LogP contribution in [0, 0.1) is 0 Å². The van der Waals surface area contributed by atoms with Crippen molar-refractivity contribution in [3.05, 3.63) is 21.3 Å². The number of hydrogen-bond donors (Lipinski definition) is 1. The third kappa shape index (κ3) is 2.57. The summed E-state index contributed by atoms with van der Waals surface area (Å²) in [5, 5.41) is 0.148. The van der Waals surface area contributed by atoms with E-state index in [4.69, 9.17) is 4.74 Å². The van der Waals surface area contributed by atoms with Crippen LogP contribution in [0.5, 0.6) is 6.01 Å². The summed E-state index contributed by atoms with van der Waals surface area (Å²) < 4.78 is 41.3. The topological polar surface area (TPSA) is 55.0 Å². The monoisotopic (exact) mass is 264 g/mol. The van der Waals surface area contributed by atoms with Crippen LogP contribution in [0.1, 0.15) is 4.88 Å². The van der Waals surface area contributed by atoms with Crippen molar-refractivity contribution in [1.29, 1.82) is 0 Å². The number of rotatable bonds is 2. The summed E-state index contributed by atoms with van der Waals surface area (Å²) in [5.41, 5.74) is -0.597. The summed E-state index contributed by atoms with van der Waals surface area (Å²) in [5.74, 6) is 0. The molecular weight excluding hydrogens is 257 g/mol. The van der Waals surface area contributed by atoms with Crippen molar-refractivity contribution in [2.24, 2.45) is 0 Å². The fourth-order valence-corrected chi connectivity index (χ4v) is 2.42. The molecule has 0 aromatic carbocycles. The maximum Gasteiger partial charge on any atom is 0.393 e. The predicted molar refractivity (Wildman–Crippen MR) is 56.6 cm³/mol. The Morgan fingerprint density at radius 1 is 1.53 bits per heavy atom. The summed E-state index contributed by atoms with van der Waals surface area (Å²) in [6.07, 6.45) is -5.34. The minimum absolute atomic E-state index is 0.0112. The van der Waals surface area contributed by atoms with Gasteiger partial charge < -0.3 is 9.72 Å². The van der Waals surface area contributed by atoms with E-state index in [1.54, 1.807) is 0 Å². The van der Waals surface area contributed by atoms with E-state index in [9.17, 15) is 18.0 Å². The molecule has 92 valence electrons. The molecule has 2 aromatic heterocycles. The van der Waals surface area contributed by atoms with Crippen LogP contribution in [0.25, 0.3) is 10.2 Å². The second-order valence-corrected chi connectivity index (χ2v) is 4.44. The first-order chi connectivity index (χ1) is 7.89. The fraction of sp³-hybridized carbons (Fsp3) is 0.333. The van der Waals surface area contributed by atoms with Gasteiger partial charge in [-0.2, -0.15) is 18.2 Å². The lowest BCUT2D eigenvalue weighted by Crippen LogP contribution is -2.10. The second kappa shape index (κ2) is 4.02. The molecule has 2 aromatic rings. The number of hydrogen-bond acceptors (Lipinski definition) is 4. The number of halogens is 3. The summed E-state index contributed by atoms with van der Waals surface area (Å²) in [7, 11) is 1.31. The second-order valence-electron chi connectivity index (χ2n) is 3.30. The van der Waals surface area contributed by atoms with Gasteiger partial charge >= 0.3 is 6.18 Å². The molecule has 2 rings (SSSR count). The Balaban J connectivity index is 2.50. The molecule has 8 heteroatoms. The molecule has 0 saturated heterocycles. The van der Waals surface area contributed by atoms with Crippen LogP contribution < -0.4 is 10.3 Å². The molecule has 0 radical (unpaired) electrons. The van der Waals surface area contributed by atoms with Gasteiger partial charge in [0.1, 0.15) is 4.83 Å². The molecule has 4 nitrogen and oxygen atoms in total. The highest BCUT2D eigenvalue weighted by molar-refractivity contribution is 7.18.